The van der Waals surface area contributed by atoms with Crippen LogP contribution < -0.4 is 5.73 Å². The third-order valence-electron chi connectivity index (χ3n) is 2.71. The van der Waals surface area contributed by atoms with Crippen LogP contribution in [0.5, 0.6) is 0 Å². The second-order valence-electron chi connectivity index (χ2n) is 5.42. The fourth-order valence-corrected chi connectivity index (χ4v) is 1.77. The monoisotopic (exact) mass is 253 g/mol. The maximum Gasteiger partial charge on any atom is 0.237 e. The van der Waals surface area contributed by atoms with Crippen LogP contribution >= 0.6 is 0 Å². The van der Waals surface area contributed by atoms with Crippen LogP contribution in [0.1, 0.15) is 13.8 Å². The van der Waals surface area contributed by atoms with Crippen molar-refractivity contribution in [2.45, 2.75) is 13.8 Å². The van der Waals surface area contributed by atoms with E-state index in [-0.39, 0.29) is 11.3 Å². The summed E-state index contributed by atoms with van der Waals surface area (Å²) in [5, 5.41) is 0. The number of amides is 1. The molecular weight excluding hydrogens is 226 g/mol. The zero-order chi connectivity index (χ0) is 14.2. The molecule has 0 bridgehead atoms. The first kappa shape index (κ1) is 16.9. The highest BCUT2D eigenvalue weighted by Crippen LogP contribution is 2.13. The smallest absolute Gasteiger partial charge is 0.237 e. The second-order valence-corrected chi connectivity index (χ2v) is 5.42. The summed E-state index contributed by atoms with van der Waals surface area (Å²) >= 11 is 0. The van der Waals surface area contributed by atoms with Gasteiger partial charge in [0, 0.05) is 19.6 Å². The quantitative estimate of drug-likeness (QED) is 0.626. The molecule has 4 heteroatoms. The summed E-state index contributed by atoms with van der Waals surface area (Å²) in [5.41, 5.74) is 5.72. The van der Waals surface area contributed by atoms with Crippen LogP contribution in [0.25, 0.3) is 0 Å². The lowest BCUT2D eigenvalue weighted by Crippen LogP contribution is -2.43. The largest absolute Gasteiger partial charge is 0.334 e. The molecule has 0 spiro atoms. The SMILES string of the molecule is C=CCN(CC=C)C(=O)CN(C)CC(C)(C)CN. The maximum atomic E-state index is 12.1. The van der Waals surface area contributed by atoms with E-state index in [0.717, 1.165) is 6.54 Å². The molecule has 18 heavy (non-hydrogen) atoms. The van der Waals surface area contributed by atoms with E-state index in [2.05, 4.69) is 27.0 Å². The lowest BCUT2D eigenvalue weighted by atomic mass is 9.93. The van der Waals surface area contributed by atoms with Gasteiger partial charge < -0.3 is 10.6 Å². The predicted octanol–water partition coefficient (Wildman–Crippen LogP) is 1.10. The Morgan fingerprint density at radius 2 is 1.78 bits per heavy atom. The van der Waals surface area contributed by atoms with E-state index < -0.39 is 0 Å². The molecule has 4 nitrogen and oxygen atoms in total. The van der Waals surface area contributed by atoms with Gasteiger partial charge in [-0.3, -0.25) is 9.69 Å². The zero-order valence-electron chi connectivity index (χ0n) is 12.0. The molecule has 0 aliphatic carbocycles. The maximum absolute atomic E-state index is 12.1. The number of hydrogen-bond donors (Lipinski definition) is 1. The van der Waals surface area contributed by atoms with Gasteiger partial charge in [0.25, 0.3) is 0 Å². The average Bonchev–Trinajstić information content (AvgIpc) is 2.27. The van der Waals surface area contributed by atoms with Gasteiger partial charge in [0.2, 0.25) is 5.91 Å². The Bertz CT molecular complexity index is 277. The molecule has 0 heterocycles. The van der Waals surface area contributed by atoms with Gasteiger partial charge in [0.15, 0.2) is 0 Å². The van der Waals surface area contributed by atoms with E-state index in [9.17, 15) is 4.79 Å². The van der Waals surface area contributed by atoms with E-state index in [1.165, 1.54) is 0 Å². The molecule has 0 fully saturated rings. The van der Waals surface area contributed by atoms with E-state index in [1.807, 2.05) is 11.9 Å². The van der Waals surface area contributed by atoms with Crippen molar-refractivity contribution < 1.29 is 4.79 Å². The molecule has 0 radical (unpaired) electrons. The van der Waals surface area contributed by atoms with Gasteiger partial charge in [0.1, 0.15) is 0 Å². The summed E-state index contributed by atoms with van der Waals surface area (Å²) in [4.78, 5) is 15.8. The van der Waals surface area contributed by atoms with E-state index in [1.54, 1.807) is 17.1 Å². The summed E-state index contributed by atoms with van der Waals surface area (Å²) in [6, 6.07) is 0. The first-order chi connectivity index (χ1) is 8.36. The first-order valence-electron chi connectivity index (χ1n) is 6.24. The molecule has 0 saturated carbocycles. The van der Waals surface area contributed by atoms with Crippen LogP contribution in [0, 0.1) is 5.41 Å². The van der Waals surface area contributed by atoms with Crippen molar-refractivity contribution in [3.8, 4) is 0 Å². The summed E-state index contributed by atoms with van der Waals surface area (Å²) in [5.74, 6) is 0.0881. The van der Waals surface area contributed by atoms with Crippen molar-refractivity contribution in [3.63, 3.8) is 0 Å². The van der Waals surface area contributed by atoms with Crippen LogP contribution in [0.3, 0.4) is 0 Å². The highest BCUT2D eigenvalue weighted by molar-refractivity contribution is 5.78. The van der Waals surface area contributed by atoms with E-state index in [4.69, 9.17) is 5.73 Å². The molecule has 0 atom stereocenters. The van der Waals surface area contributed by atoms with Crippen LogP contribution in [-0.4, -0.2) is 55.5 Å². The summed E-state index contributed by atoms with van der Waals surface area (Å²) in [7, 11) is 1.94. The molecule has 2 N–H and O–H groups in total. The topological polar surface area (TPSA) is 49.6 Å². The van der Waals surface area contributed by atoms with Crippen molar-refractivity contribution in [3.05, 3.63) is 25.3 Å². The first-order valence-corrected chi connectivity index (χ1v) is 6.24. The van der Waals surface area contributed by atoms with Crippen molar-refractivity contribution in [2.24, 2.45) is 11.1 Å². The van der Waals surface area contributed by atoms with Gasteiger partial charge in [-0.1, -0.05) is 26.0 Å². The Labute approximate surface area is 111 Å². The van der Waals surface area contributed by atoms with E-state index in [0.29, 0.717) is 26.2 Å². The Kier molecular flexibility index (Phi) is 7.55. The molecule has 104 valence electrons. The summed E-state index contributed by atoms with van der Waals surface area (Å²) in [6.07, 6.45) is 3.45. The molecule has 0 aromatic heterocycles. The van der Waals surface area contributed by atoms with Crippen LogP contribution in [0.4, 0.5) is 0 Å². The third kappa shape index (κ3) is 6.57. The number of nitrogens with zero attached hydrogens (tertiary/aromatic N) is 2. The molecule has 0 saturated heterocycles. The number of likely N-dealkylation sites (N-methyl/N-ethyl adjacent to an activating group) is 1. The van der Waals surface area contributed by atoms with Gasteiger partial charge >= 0.3 is 0 Å². The number of carbonyl (C=O) groups is 1. The standard InChI is InChI=1S/C14H27N3O/c1-6-8-17(9-7-2)13(18)10-16(5)12-14(3,4)11-15/h6-7H,1-2,8-12,15H2,3-5H3. The van der Waals surface area contributed by atoms with Crippen molar-refractivity contribution in [1.82, 2.24) is 9.80 Å². The molecule has 0 unspecified atom stereocenters. The Morgan fingerprint density at radius 1 is 1.28 bits per heavy atom. The molecular formula is C14H27N3O. The van der Waals surface area contributed by atoms with Gasteiger partial charge in [-0.05, 0) is 19.0 Å². The van der Waals surface area contributed by atoms with Crippen molar-refractivity contribution in [2.75, 3.05) is 39.8 Å². The number of rotatable bonds is 9. The van der Waals surface area contributed by atoms with Crippen LogP contribution in [0.15, 0.2) is 25.3 Å². The lowest BCUT2D eigenvalue weighted by Gasteiger charge is -2.30. The number of nitrogens with two attached hydrogens (primary N) is 1. The highest BCUT2D eigenvalue weighted by atomic mass is 16.2. The molecule has 0 rings (SSSR count). The fraction of sp³-hybridized carbons (Fsp3) is 0.643. The molecule has 0 aliphatic rings. The van der Waals surface area contributed by atoms with Crippen LogP contribution in [0.2, 0.25) is 0 Å². The molecule has 0 aromatic carbocycles. The fourth-order valence-electron chi connectivity index (χ4n) is 1.77. The highest BCUT2D eigenvalue weighted by Gasteiger charge is 2.20. The molecule has 1 amide bonds. The van der Waals surface area contributed by atoms with E-state index >= 15 is 0 Å². The summed E-state index contributed by atoms with van der Waals surface area (Å²) in [6.45, 7) is 14.4. The normalized spacial score (nSPS) is 11.4. The Balaban J connectivity index is 4.34. The molecule has 0 aliphatic heterocycles. The summed E-state index contributed by atoms with van der Waals surface area (Å²) < 4.78 is 0. The van der Waals surface area contributed by atoms with Gasteiger partial charge in [-0.15, -0.1) is 13.2 Å². The average molecular weight is 253 g/mol. The Hall–Kier alpha value is -1.13. The number of hydrogen-bond acceptors (Lipinski definition) is 3. The minimum absolute atomic E-state index is 0.0245. The zero-order valence-corrected chi connectivity index (χ0v) is 12.0. The lowest BCUT2D eigenvalue weighted by molar-refractivity contribution is -0.131. The number of carbonyl (C=O) groups excluding carboxylic acids is 1. The van der Waals surface area contributed by atoms with Gasteiger partial charge in [-0.2, -0.15) is 0 Å². The second kappa shape index (κ2) is 8.06. The Morgan fingerprint density at radius 3 is 2.17 bits per heavy atom. The van der Waals surface area contributed by atoms with Crippen molar-refractivity contribution >= 4 is 5.91 Å². The van der Waals surface area contributed by atoms with Gasteiger partial charge in [-0.25, -0.2) is 0 Å². The van der Waals surface area contributed by atoms with Gasteiger partial charge in [0.05, 0.1) is 6.54 Å². The minimum Gasteiger partial charge on any atom is -0.334 e. The minimum atomic E-state index is 0.0245. The predicted molar refractivity (Wildman–Crippen MR) is 77.3 cm³/mol. The third-order valence-corrected chi connectivity index (χ3v) is 2.71. The van der Waals surface area contributed by atoms with Crippen LogP contribution in [-0.2, 0) is 4.79 Å². The van der Waals surface area contributed by atoms with Crippen molar-refractivity contribution in [1.29, 1.82) is 0 Å². The molecule has 0 aromatic rings.